The van der Waals surface area contributed by atoms with E-state index in [4.69, 9.17) is 0 Å². The number of hydrogen-bond acceptors (Lipinski definition) is 4. The Balaban J connectivity index is 3.93. The molecule has 0 bridgehead atoms. The van der Waals surface area contributed by atoms with E-state index in [1.807, 2.05) is 0 Å². The summed E-state index contributed by atoms with van der Waals surface area (Å²) in [5.41, 5.74) is 0. The van der Waals surface area contributed by atoms with Gasteiger partial charge < -0.3 is 15.1 Å². The van der Waals surface area contributed by atoms with Crippen molar-refractivity contribution in [2.24, 2.45) is 0 Å². The zero-order valence-electron chi connectivity index (χ0n) is 23.3. The van der Waals surface area contributed by atoms with E-state index in [9.17, 15) is 4.79 Å². The van der Waals surface area contributed by atoms with E-state index in [1.165, 1.54) is 70.6 Å². The fourth-order valence-electron chi connectivity index (χ4n) is 4.37. The molecule has 0 aromatic heterocycles. The van der Waals surface area contributed by atoms with E-state index >= 15 is 0 Å². The van der Waals surface area contributed by atoms with Crippen molar-refractivity contribution in [2.45, 2.75) is 112 Å². The third-order valence-corrected chi connectivity index (χ3v) is 6.97. The summed E-state index contributed by atoms with van der Waals surface area (Å²) in [6.07, 6.45) is 16.2. The predicted molar refractivity (Wildman–Crippen MR) is 146 cm³/mol. The summed E-state index contributed by atoms with van der Waals surface area (Å²) in [6.45, 7) is 20.8. The fraction of sp³-hybridized carbons (Fsp3) is 0.964. The first-order valence-electron chi connectivity index (χ1n) is 14.5. The number of carbonyl (C=O) groups is 1. The number of nitrogens with zero attached hydrogens (tertiary/aromatic N) is 3. The van der Waals surface area contributed by atoms with Crippen molar-refractivity contribution in [3.63, 3.8) is 0 Å². The van der Waals surface area contributed by atoms with E-state index in [1.54, 1.807) is 0 Å². The number of nitrogens with one attached hydrogen (secondary N) is 1. The molecule has 0 aliphatic heterocycles. The minimum atomic E-state index is 0.192. The van der Waals surface area contributed by atoms with Crippen LogP contribution in [0.3, 0.4) is 0 Å². The molecule has 0 aromatic carbocycles. The molecule has 0 radical (unpaired) electrons. The quantitative estimate of drug-likeness (QED) is 0.172. The van der Waals surface area contributed by atoms with Crippen LogP contribution in [0.5, 0.6) is 0 Å². The average Bonchev–Trinajstić information content (AvgIpc) is 2.83. The molecule has 0 aliphatic carbocycles. The highest BCUT2D eigenvalue weighted by Gasteiger charge is 2.13. The van der Waals surface area contributed by atoms with Gasteiger partial charge in [0, 0.05) is 32.7 Å². The Bertz CT molecular complexity index is 395. The standard InChI is InChI=1S/C28H60N4O/c1-6-11-12-13-14-15-16-17-18-19-20-21-22-29-28(33)27-32(25-23-30(7-2)8-3)26-24-31(9-4)10-5/h6-27H2,1-5H3,(H,29,33). The summed E-state index contributed by atoms with van der Waals surface area (Å²) in [7, 11) is 0. The lowest BCUT2D eigenvalue weighted by Crippen LogP contribution is -2.44. The van der Waals surface area contributed by atoms with Gasteiger partial charge in [0.05, 0.1) is 6.54 Å². The number of carbonyl (C=O) groups excluding carboxylic acids is 1. The topological polar surface area (TPSA) is 38.8 Å². The summed E-state index contributed by atoms with van der Waals surface area (Å²) < 4.78 is 0. The summed E-state index contributed by atoms with van der Waals surface area (Å²) >= 11 is 0. The molecule has 0 rings (SSSR count). The molecule has 1 amide bonds. The predicted octanol–water partition coefficient (Wildman–Crippen LogP) is 5.79. The van der Waals surface area contributed by atoms with Gasteiger partial charge in [-0.25, -0.2) is 0 Å². The van der Waals surface area contributed by atoms with Crippen molar-refractivity contribution in [1.82, 2.24) is 20.0 Å². The van der Waals surface area contributed by atoms with Crippen molar-refractivity contribution >= 4 is 5.91 Å². The largest absolute Gasteiger partial charge is 0.355 e. The highest BCUT2D eigenvalue weighted by atomic mass is 16.2. The first-order chi connectivity index (χ1) is 16.1. The molecule has 0 atom stereocenters. The van der Waals surface area contributed by atoms with Crippen molar-refractivity contribution in [3.05, 3.63) is 0 Å². The van der Waals surface area contributed by atoms with Gasteiger partial charge >= 0.3 is 0 Å². The first-order valence-corrected chi connectivity index (χ1v) is 14.5. The summed E-state index contributed by atoms with van der Waals surface area (Å²) in [6, 6.07) is 0. The van der Waals surface area contributed by atoms with Gasteiger partial charge in [0.2, 0.25) is 5.91 Å². The van der Waals surface area contributed by atoms with Crippen LogP contribution in [0.4, 0.5) is 0 Å². The van der Waals surface area contributed by atoms with Gasteiger partial charge in [-0.2, -0.15) is 0 Å². The maximum absolute atomic E-state index is 12.5. The molecule has 0 aliphatic rings. The van der Waals surface area contributed by atoms with Crippen LogP contribution in [0.15, 0.2) is 0 Å². The van der Waals surface area contributed by atoms with Crippen molar-refractivity contribution < 1.29 is 4.79 Å². The number of likely N-dealkylation sites (N-methyl/N-ethyl adjacent to an activating group) is 2. The molecule has 0 spiro atoms. The Morgan fingerprint density at radius 1 is 0.515 bits per heavy atom. The van der Waals surface area contributed by atoms with Crippen LogP contribution in [0.25, 0.3) is 0 Å². The maximum Gasteiger partial charge on any atom is 0.234 e. The van der Waals surface area contributed by atoms with Gasteiger partial charge in [0.1, 0.15) is 0 Å². The molecular weight excluding hydrogens is 408 g/mol. The minimum absolute atomic E-state index is 0.192. The molecule has 0 fully saturated rings. The van der Waals surface area contributed by atoms with E-state index < -0.39 is 0 Å². The van der Waals surface area contributed by atoms with Gasteiger partial charge in [-0.05, 0) is 32.6 Å². The highest BCUT2D eigenvalue weighted by molar-refractivity contribution is 5.77. The molecule has 5 heteroatoms. The van der Waals surface area contributed by atoms with Gasteiger partial charge in [0.25, 0.3) is 0 Å². The summed E-state index contributed by atoms with van der Waals surface area (Å²) in [5, 5.41) is 3.17. The molecule has 5 nitrogen and oxygen atoms in total. The third-order valence-electron chi connectivity index (χ3n) is 6.97. The van der Waals surface area contributed by atoms with Crippen LogP contribution < -0.4 is 5.32 Å². The lowest BCUT2D eigenvalue weighted by molar-refractivity contribution is -0.122. The summed E-state index contributed by atoms with van der Waals surface area (Å²) in [4.78, 5) is 19.8. The van der Waals surface area contributed by atoms with E-state index in [0.717, 1.165) is 65.3 Å². The molecule has 0 aromatic rings. The number of rotatable bonds is 25. The Morgan fingerprint density at radius 3 is 1.27 bits per heavy atom. The average molecular weight is 469 g/mol. The SMILES string of the molecule is CCCCCCCCCCCCCCNC(=O)CN(CCN(CC)CC)CCN(CC)CC. The Labute approximate surface area is 208 Å². The monoisotopic (exact) mass is 468 g/mol. The number of amides is 1. The van der Waals surface area contributed by atoms with Gasteiger partial charge in [-0.15, -0.1) is 0 Å². The van der Waals surface area contributed by atoms with Crippen LogP contribution >= 0.6 is 0 Å². The Hall–Kier alpha value is -0.650. The van der Waals surface area contributed by atoms with Gasteiger partial charge in [-0.3, -0.25) is 9.69 Å². The zero-order valence-corrected chi connectivity index (χ0v) is 23.3. The van der Waals surface area contributed by atoms with E-state index in [0.29, 0.717) is 6.54 Å². The van der Waals surface area contributed by atoms with Crippen LogP contribution in [-0.4, -0.2) is 86.1 Å². The molecule has 198 valence electrons. The van der Waals surface area contributed by atoms with E-state index in [2.05, 4.69) is 54.6 Å². The number of unbranched alkanes of at least 4 members (excludes halogenated alkanes) is 11. The second-order valence-electron chi connectivity index (χ2n) is 9.57. The smallest absolute Gasteiger partial charge is 0.234 e. The van der Waals surface area contributed by atoms with Crippen LogP contribution in [-0.2, 0) is 4.79 Å². The summed E-state index contributed by atoms with van der Waals surface area (Å²) in [5.74, 6) is 0.192. The lowest BCUT2D eigenvalue weighted by atomic mass is 10.1. The first kappa shape index (κ1) is 32.4. The van der Waals surface area contributed by atoms with Crippen molar-refractivity contribution in [3.8, 4) is 0 Å². The van der Waals surface area contributed by atoms with Crippen LogP contribution in [0.1, 0.15) is 112 Å². The van der Waals surface area contributed by atoms with Gasteiger partial charge in [0.15, 0.2) is 0 Å². The molecule has 33 heavy (non-hydrogen) atoms. The molecule has 1 N–H and O–H groups in total. The second kappa shape index (κ2) is 24.5. The van der Waals surface area contributed by atoms with Crippen molar-refractivity contribution in [1.29, 1.82) is 0 Å². The normalized spacial score (nSPS) is 11.8. The fourth-order valence-corrected chi connectivity index (χ4v) is 4.37. The maximum atomic E-state index is 12.5. The van der Waals surface area contributed by atoms with Gasteiger partial charge in [-0.1, -0.05) is 105 Å². The molecular formula is C28H60N4O. The lowest BCUT2D eigenvalue weighted by Gasteiger charge is -2.28. The Morgan fingerprint density at radius 2 is 0.879 bits per heavy atom. The van der Waals surface area contributed by atoms with Crippen LogP contribution in [0.2, 0.25) is 0 Å². The van der Waals surface area contributed by atoms with Crippen molar-refractivity contribution in [2.75, 3.05) is 65.4 Å². The molecule has 0 saturated heterocycles. The van der Waals surface area contributed by atoms with Crippen LogP contribution in [0, 0.1) is 0 Å². The molecule has 0 saturated carbocycles. The minimum Gasteiger partial charge on any atom is -0.355 e. The van der Waals surface area contributed by atoms with E-state index in [-0.39, 0.29) is 5.91 Å². The molecule has 0 unspecified atom stereocenters. The Kier molecular flexibility index (Phi) is 24.0. The third kappa shape index (κ3) is 20.4. The zero-order chi connectivity index (χ0) is 24.6. The second-order valence-corrected chi connectivity index (χ2v) is 9.57. The highest BCUT2D eigenvalue weighted by Crippen LogP contribution is 2.11. The molecule has 0 heterocycles. The number of hydrogen-bond donors (Lipinski definition) is 1.